The minimum atomic E-state index is -4.14. The quantitative estimate of drug-likeness (QED) is 0.596. The zero-order chi connectivity index (χ0) is 21.7. The maximum atomic E-state index is 12.2. The van der Waals surface area contributed by atoms with Gasteiger partial charge in [0.25, 0.3) is 0 Å². The number of hydrogen-bond acceptors (Lipinski definition) is 4. The summed E-state index contributed by atoms with van der Waals surface area (Å²) in [4.78, 5) is 14.2. The van der Waals surface area contributed by atoms with Crippen molar-refractivity contribution in [3.8, 4) is 5.75 Å². The SMILES string of the molecule is CC(O)CNC(=O)C1CN(CC2=Cc3ccc(OCCCC(F)(F)F)cc3CC2)C1. The lowest BCUT2D eigenvalue weighted by atomic mass is 9.90. The normalized spacial score (nSPS) is 18.2. The second-order valence-corrected chi connectivity index (χ2v) is 8.22. The van der Waals surface area contributed by atoms with Crippen LogP contribution in [-0.2, 0) is 11.2 Å². The topological polar surface area (TPSA) is 61.8 Å². The molecule has 8 heteroatoms. The van der Waals surface area contributed by atoms with Crippen molar-refractivity contribution < 1.29 is 27.8 Å². The van der Waals surface area contributed by atoms with Crippen LogP contribution >= 0.6 is 0 Å². The Bertz CT molecular complexity index is 771. The van der Waals surface area contributed by atoms with E-state index in [9.17, 15) is 23.1 Å². The summed E-state index contributed by atoms with van der Waals surface area (Å²) in [6.45, 7) is 4.26. The highest BCUT2D eigenvalue weighted by Crippen LogP contribution is 2.29. The first-order chi connectivity index (χ1) is 14.2. The van der Waals surface area contributed by atoms with Crippen molar-refractivity contribution in [3.63, 3.8) is 0 Å². The molecule has 0 aromatic heterocycles. The molecule has 1 fully saturated rings. The average Bonchev–Trinajstić information content (AvgIpc) is 2.65. The lowest BCUT2D eigenvalue weighted by Gasteiger charge is -2.39. The second kappa shape index (κ2) is 9.83. The molecule has 0 saturated carbocycles. The van der Waals surface area contributed by atoms with Gasteiger partial charge in [-0.2, -0.15) is 13.2 Å². The van der Waals surface area contributed by atoms with Gasteiger partial charge in [-0.05, 0) is 49.4 Å². The highest BCUT2D eigenvalue weighted by Gasteiger charge is 2.33. The average molecular weight is 426 g/mol. The van der Waals surface area contributed by atoms with Crippen LogP contribution in [0.15, 0.2) is 23.8 Å². The summed E-state index contributed by atoms with van der Waals surface area (Å²) >= 11 is 0. The molecule has 166 valence electrons. The zero-order valence-electron chi connectivity index (χ0n) is 17.2. The maximum Gasteiger partial charge on any atom is 0.389 e. The Labute approximate surface area is 174 Å². The van der Waals surface area contributed by atoms with Gasteiger partial charge in [-0.25, -0.2) is 0 Å². The molecule has 2 N–H and O–H groups in total. The number of aliphatic hydroxyl groups is 1. The fraction of sp³-hybridized carbons (Fsp3) is 0.591. The van der Waals surface area contributed by atoms with Gasteiger partial charge in [0, 0.05) is 32.6 Å². The van der Waals surface area contributed by atoms with Crippen LogP contribution in [0.1, 0.15) is 37.3 Å². The molecule has 0 bridgehead atoms. The molecular weight excluding hydrogens is 397 g/mol. The van der Waals surface area contributed by atoms with E-state index in [-0.39, 0.29) is 31.4 Å². The Kier molecular flexibility index (Phi) is 7.41. The molecule has 3 rings (SSSR count). The molecule has 1 saturated heterocycles. The van der Waals surface area contributed by atoms with Crippen molar-refractivity contribution in [2.45, 2.75) is 44.9 Å². The lowest BCUT2D eigenvalue weighted by molar-refractivity contribution is -0.136. The minimum Gasteiger partial charge on any atom is -0.494 e. The van der Waals surface area contributed by atoms with E-state index < -0.39 is 18.7 Å². The van der Waals surface area contributed by atoms with Gasteiger partial charge in [0.05, 0.1) is 18.6 Å². The summed E-state index contributed by atoms with van der Waals surface area (Å²) in [5.41, 5.74) is 3.57. The van der Waals surface area contributed by atoms with Crippen LogP contribution in [0.4, 0.5) is 13.2 Å². The third kappa shape index (κ3) is 6.74. The fourth-order valence-corrected chi connectivity index (χ4v) is 3.75. The Balaban J connectivity index is 1.44. The molecular formula is C22H29F3N2O3. The molecule has 1 aromatic rings. The highest BCUT2D eigenvalue weighted by molar-refractivity contribution is 5.80. The van der Waals surface area contributed by atoms with E-state index in [1.807, 2.05) is 12.1 Å². The number of rotatable bonds is 9. The predicted molar refractivity (Wildman–Crippen MR) is 108 cm³/mol. The number of aryl methyl sites for hydroxylation is 1. The van der Waals surface area contributed by atoms with Crippen LogP contribution in [0, 0.1) is 5.92 Å². The molecule has 0 radical (unpaired) electrons. The number of likely N-dealkylation sites (tertiary alicyclic amines) is 1. The Morgan fingerprint density at radius 2 is 2.10 bits per heavy atom. The van der Waals surface area contributed by atoms with E-state index in [4.69, 9.17) is 4.74 Å². The second-order valence-electron chi connectivity index (χ2n) is 8.22. The number of aliphatic hydroxyl groups excluding tert-OH is 1. The van der Waals surface area contributed by atoms with Gasteiger partial charge < -0.3 is 15.2 Å². The molecule has 1 amide bonds. The van der Waals surface area contributed by atoms with Crippen LogP contribution in [0.5, 0.6) is 5.75 Å². The smallest absolute Gasteiger partial charge is 0.389 e. The van der Waals surface area contributed by atoms with Gasteiger partial charge in [-0.3, -0.25) is 9.69 Å². The first-order valence-corrected chi connectivity index (χ1v) is 10.4. The molecule has 1 aromatic carbocycles. The number of nitrogens with one attached hydrogen (secondary N) is 1. The van der Waals surface area contributed by atoms with E-state index in [1.165, 1.54) is 5.57 Å². The number of hydrogen-bond donors (Lipinski definition) is 2. The van der Waals surface area contributed by atoms with Crippen LogP contribution in [-0.4, -0.2) is 61.0 Å². The lowest BCUT2D eigenvalue weighted by Crippen LogP contribution is -2.54. The number of fused-ring (bicyclic) bond motifs is 1. The van der Waals surface area contributed by atoms with Crippen molar-refractivity contribution >= 4 is 12.0 Å². The van der Waals surface area contributed by atoms with Gasteiger partial charge in [-0.15, -0.1) is 0 Å². The summed E-state index contributed by atoms with van der Waals surface area (Å²) in [7, 11) is 0. The van der Waals surface area contributed by atoms with E-state index in [0.717, 1.165) is 43.6 Å². The molecule has 5 nitrogen and oxygen atoms in total. The standard InChI is InChI=1S/C22H29F3N2O3/c1-15(28)11-26-21(29)19-13-27(14-19)12-16-3-4-18-10-20(6-5-17(18)9-16)30-8-2-7-22(23,24)25/h5-6,9-10,15,19,28H,2-4,7-8,11-14H2,1H3,(H,26,29). The summed E-state index contributed by atoms with van der Waals surface area (Å²) in [6.07, 6.45) is -1.61. The zero-order valence-corrected chi connectivity index (χ0v) is 17.2. The number of amides is 1. The predicted octanol–water partition coefficient (Wildman–Crippen LogP) is 3.17. The summed E-state index contributed by atoms with van der Waals surface area (Å²) < 4.78 is 42.1. The van der Waals surface area contributed by atoms with E-state index in [2.05, 4.69) is 16.3 Å². The van der Waals surface area contributed by atoms with E-state index >= 15 is 0 Å². The third-order valence-electron chi connectivity index (χ3n) is 5.39. The molecule has 1 unspecified atom stereocenters. The summed E-state index contributed by atoms with van der Waals surface area (Å²) in [5, 5.41) is 12.0. The van der Waals surface area contributed by atoms with Gasteiger partial charge in [-0.1, -0.05) is 17.7 Å². The number of carbonyl (C=O) groups excluding carboxylic acids is 1. The first kappa shape index (κ1) is 22.6. The van der Waals surface area contributed by atoms with Crippen molar-refractivity contribution in [3.05, 3.63) is 34.9 Å². The monoisotopic (exact) mass is 426 g/mol. The molecule has 1 atom stereocenters. The molecule has 30 heavy (non-hydrogen) atoms. The largest absolute Gasteiger partial charge is 0.494 e. The molecule has 1 heterocycles. The Hall–Kier alpha value is -2.06. The fourth-order valence-electron chi connectivity index (χ4n) is 3.75. The third-order valence-corrected chi connectivity index (χ3v) is 5.39. The van der Waals surface area contributed by atoms with Crippen LogP contribution < -0.4 is 10.1 Å². The number of carbonyl (C=O) groups is 1. The van der Waals surface area contributed by atoms with Crippen LogP contribution in [0.3, 0.4) is 0 Å². The van der Waals surface area contributed by atoms with Gasteiger partial charge >= 0.3 is 6.18 Å². The van der Waals surface area contributed by atoms with E-state index in [1.54, 1.807) is 13.0 Å². The van der Waals surface area contributed by atoms with Crippen molar-refractivity contribution in [2.24, 2.45) is 5.92 Å². The van der Waals surface area contributed by atoms with Gasteiger partial charge in [0.1, 0.15) is 5.75 Å². The Morgan fingerprint density at radius 3 is 2.80 bits per heavy atom. The molecule has 1 aliphatic carbocycles. The van der Waals surface area contributed by atoms with Crippen molar-refractivity contribution in [1.82, 2.24) is 10.2 Å². The molecule has 2 aliphatic rings. The number of ether oxygens (including phenoxy) is 1. The number of benzene rings is 1. The number of nitrogens with zero attached hydrogens (tertiary/aromatic N) is 1. The summed E-state index contributed by atoms with van der Waals surface area (Å²) in [6, 6.07) is 5.68. The highest BCUT2D eigenvalue weighted by atomic mass is 19.4. The first-order valence-electron chi connectivity index (χ1n) is 10.4. The summed E-state index contributed by atoms with van der Waals surface area (Å²) in [5.74, 6) is 0.594. The van der Waals surface area contributed by atoms with Crippen LogP contribution in [0.25, 0.3) is 6.08 Å². The van der Waals surface area contributed by atoms with E-state index in [0.29, 0.717) is 5.75 Å². The number of halogens is 3. The maximum absolute atomic E-state index is 12.2. The van der Waals surface area contributed by atoms with Crippen molar-refractivity contribution in [1.29, 1.82) is 0 Å². The van der Waals surface area contributed by atoms with Gasteiger partial charge in [0.15, 0.2) is 0 Å². The Morgan fingerprint density at radius 1 is 1.33 bits per heavy atom. The number of alkyl halides is 3. The minimum absolute atomic E-state index is 0.00196. The molecule has 1 aliphatic heterocycles. The van der Waals surface area contributed by atoms with Crippen molar-refractivity contribution in [2.75, 3.05) is 32.8 Å². The van der Waals surface area contributed by atoms with Crippen LogP contribution in [0.2, 0.25) is 0 Å². The molecule has 0 spiro atoms. The van der Waals surface area contributed by atoms with Gasteiger partial charge in [0.2, 0.25) is 5.91 Å².